The van der Waals surface area contributed by atoms with Gasteiger partial charge in [-0.2, -0.15) is 0 Å². The zero-order chi connectivity index (χ0) is 12.0. The Morgan fingerprint density at radius 3 is 2.44 bits per heavy atom. The van der Waals surface area contributed by atoms with Crippen LogP contribution in [0, 0.1) is 0 Å². The normalized spacial score (nSPS) is 11.3. The zero-order valence-electron chi connectivity index (χ0n) is 10.4. The topological polar surface area (TPSA) is 9.23 Å². The molecule has 0 unspecified atom stereocenters. The molecule has 0 bridgehead atoms. The van der Waals surface area contributed by atoms with Crippen LogP contribution in [-0.4, -0.2) is 7.11 Å². The van der Waals surface area contributed by atoms with Gasteiger partial charge in [-0.15, -0.1) is 0 Å². The summed E-state index contributed by atoms with van der Waals surface area (Å²) in [6.45, 7) is 8.24. The van der Waals surface area contributed by atoms with Crippen LogP contribution in [0.1, 0.15) is 25.8 Å². The second kappa shape index (κ2) is 6.16. The van der Waals surface area contributed by atoms with Crippen LogP contribution in [-0.2, 0) is 6.42 Å². The van der Waals surface area contributed by atoms with Gasteiger partial charge in [0.25, 0.3) is 0 Å². The highest BCUT2D eigenvalue weighted by atomic mass is 16.5. The Balaban J connectivity index is 2.52. The summed E-state index contributed by atoms with van der Waals surface area (Å²) < 4.78 is 5.12. The first-order valence-electron chi connectivity index (χ1n) is 5.61. The number of methoxy groups -OCH3 is 1. The van der Waals surface area contributed by atoms with Crippen LogP contribution in [0.25, 0.3) is 0 Å². The average molecular weight is 216 g/mol. The molecule has 0 amide bonds. The Morgan fingerprint density at radius 1 is 1.31 bits per heavy atom. The Morgan fingerprint density at radius 2 is 1.94 bits per heavy atom. The summed E-state index contributed by atoms with van der Waals surface area (Å²) >= 11 is 0. The third kappa shape index (κ3) is 3.58. The van der Waals surface area contributed by atoms with E-state index in [9.17, 15) is 0 Å². The van der Waals surface area contributed by atoms with Crippen molar-refractivity contribution in [2.75, 3.05) is 7.11 Å². The van der Waals surface area contributed by atoms with Gasteiger partial charge in [0.05, 0.1) is 7.11 Å². The smallest absolute Gasteiger partial charge is 0.118 e. The fourth-order valence-corrected chi connectivity index (χ4v) is 1.49. The molecule has 0 aromatic heterocycles. The Labute approximate surface area is 98.5 Å². The largest absolute Gasteiger partial charge is 0.497 e. The number of hydrogen-bond donors (Lipinski definition) is 0. The second-order valence-corrected chi connectivity index (χ2v) is 3.92. The molecule has 16 heavy (non-hydrogen) atoms. The highest BCUT2D eigenvalue weighted by molar-refractivity contribution is 5.30. The predicted molar refractivity (Wildman–Crippen MR) is 69.9 cm³/mol. The van der Waals surface area contributed by atoms with Crippen LogP contribution < -0.4 is 4.74 Å². The average Bonchev–Trinajstić information content (AvgIpc) is 2.35. The van der Waals surface area contributed by atoms with Gasteiger partial charge in [-0.1, -0.05) is 35.9 Å². The molecular formula is C15H20O. The molecule has 0 N–H and O–H groups in total. The Hall–Kier alpha value is -1.50. The van der Waals surface area contributed by atoms with E-state index in [2.05, 4.69) is 31.7 Å². The second-order valence-electron chi connectivity index (χ2n) is 3.92. The molecule has 1 heteroatoms. The van der Waals surface area contributed by atoms with Crippen LogP contribution in [0.3, 0.4) is 0 Å². The third-order valence-corrected chi connectivity index (χ3v) is 2.87. The lowest BCUT2D eigenvalue weighted by Gasteiger charge is -2.06. The number of rotatable bonds is 5. The number of benzene rings is 1. The first kappa shape index (κ1) is 12.6. The fraction of sp³-hybridized carbons (Fsp3) is 0.333. The number of hydrogen-bond acceptors (Lipinski definition) is 1. The van der Waals surface area contributed by atoms with Crippen molar-refractivity contribution < 1.29 is 4.74 Å². The van der Waals surface area contributed by atoms with E-state index in [1.807, 2.05) is 19.1 Å². The molecule has 0 saturated heterocycles. The quantitative estimate of drug-likeness (QED) is 0.672. The monoisotopic (exact) mass is 216 g/mol. The van der Waals surface area contributed by atoms with Crippen LogP contribution in [0.5, 0.6) is 5.75 Å². The lowest BCUT2D eigenvalue weighted by molar-refractivity contribution is 0.414. The van der Waals surface area contributed by atoms with Gasteiger partial charge >= 0.3 is 0 Å². The summed E-state index contributed by atoms with van der Waals surface area (Å²) in [4.78, 5) is 0. The fourth-order valence-electron chi connectivity index (χ4n) is 1.49. The van der Waals surface area contributed by atoms with E-state index in [4.69, 9.17) is 4.74 Å². The van der Waals surface area contributed by atoms with Gasteiger partial charge in [-0.25, -0.2) is 0 Å². The standard InChI is InChI=1S/C15H20O/c1-5-12(2)13(3)6-7-14-8-10-15(16-4)11-9-14/h5,8-11H,3,6-7H2,1-2,4H3/b12-5-. The first-order valence-corrected chi connectivity index (χ1v) is 5.61. The van der Waals surface area contributed by atoms with Crippen molar-refractivity contribution in [3.05, 3.63) is 53.6 Å². The van der Waals surface area contributed by atoms with Crippen molar-refractivity contribution in [3.8, 4) is 5.75 Å². The van der Waals surface area contributed by atoms with Crippen molar-refractivity contribution >= 4 is 0 Å². The van der Waals surface area contributed by atoms with E-state index in [0.717, 1.165) is 18.6 Å². The molecule has 0 spiro atoms. The van der Waals surface area contributed by atoms with E-state index in [1.54, 1.807) is 7.11 Å². The molecular weight excluding hydrogens is 196 g/mol. The molecule has 0 fully saturated rings. The number of aryl methyl sites for hydroxylation is 1. The van der Waals surface area contributed by atoms with Crippen molar-refractivity contribution in [2.24, 2.45) is 0 Å². The van der Waals surface area contributed by atoms with Crippen LogP contribution >= 0.6 is 0 Å². The third-order valence-electron chi connectivity index (χ3n) is 2.87. The van der Waals surface area contributed by atoms with Crippen LogP contribution in [0.15, 0.2) is 48.1 Å². The molecule has 0 radical (unpaired) electrons. The van der Waals surface area contributed by atoms with Gasteiger partial charge in [-0.05, 0) is 44.4 Å². The van der Waals surface area contributed by atoms with E-state index in [1.165, 1.54) is 16.7 Å². The molecule has 1 rings (SSSR count). The van der Waals surface area contributed by atoms with Crippen LogP contribution in [0.4, 0.5) is 0 Å². The van der Waals surface area contributed by atoms with E-state index in [-0.39, 0.29) is 0 Å². The lowest BCUT2D eigenvalue weighted by atomic mass is 10.0. The minimum atomic E-state index is 0.909. The maximum atomic E-state index is 5.12. The van der Waals surface area contributed by atoms with Gasteiger partial charge in [0.1, 0.15) is 5.75 Å². The Bertz CT molecular complexity index is 371. The molecule has 86 valence electrons. The molecule has 0 atom stereocenters. The van der Waals surface area contributed by atoms with Gasteiger partial charge < -0.3 is 4.74 Å². The maximum Gasteiger partial charge on any atom is 0.118 e. The van der Waals surface area contributed by atoms with Crippen molar-refractivity contribution in [3.63, 3.8) is 0 Å². The molecule has 1 aromatic rings. The van der Waals surface area contributed by atoms with E-state index < -0.39 is 0 Å². The highest BCUT2D eigenvalue weighted by Crippen LogP contribution is 2.17. The molecule has 0 aliphatic carbocycles. The predicted octanol–water partition coefficient (Wildman–Crippen LogP) is 4.15. The molecule has 0 aliphatic heterocycles. The number of ether oxygens (including phenoxy) is 1. The minimum Gasteiger partial charge on any atom is -0.497 e. The van der Waals surface area contributed by atoms with E-state index >= 15 is 0 Å². The summed E-state index contributed by atoms with van der Waals surface area (Å²) in [5.74, 6) is 0.909. The lowest BCUT2D eigenvalue weighted by Crippen LogP contribution is -1.90. The summed E-state index contributed by atoms with van der Waals surface area (Å²) in [7, 11) is 1.69. The summed E-state index contributed by atoms with van der Waals surface area (Å²) in [5, 5.41) is 0. The molecule has 0 aliphatic rings. The van der Waals surface area contributed by atoms with Gasteiger partial charge in [-0.3, -0.25) is 0 Å². The first-order chi connectivity index (χ1) is 7.67. The van der Waals surface area contributed by atoms with E-state index in [0.29, 0.717) is 0 Å². The van der Waals surface area contributed by atoms with Crippen LogP contribution in [0.2, 0.25) is 0 Å². The van der Waals surface area contributed by atoms with Gasteiger partial charge in [0.15, 0.2) is 0 Å². The highest BCUT2D eigenvalue weighted by Gasteiger charge is 1.98. The van der Waals surface area contributed by atoms with Gasteiger partial charge in [0, 0.05) is 0 Å². The summed E-state index contributed by atoms with van der Waals surface area (Å²) in [6.07, 6.45) is 4.16. The summed E-state index contributed by atoms with van der Waals surface area (Å²) in [6, 6.07) is 8.22. The van der Waals surface area contributed by atoms with Crippen molar-refractivity contribution in [2.45, 2.75) is 26.7 Å². The molecule has 0 saturated carbocycles. The SMILES string of the molecule is C=C(CCc1ccc(OC)cc1)/C(C)=C\C. The van der Waals surface area contributed by atoms with Crippen molar-refractivity contribution in [1.29, 1.82) is 0 Å². The summed E-state index contributed by atoms with van der Waals surface area (Å²) in [5.41, 5.74) is 3.83. The van der Waals surface area contributed by atoms with Crippen molar-refractivity contribution in [1.82, 2.24) is 0 Å². The molecule has 1 nitrogen and oxygen atoms in total. The Kier molecular flexibility index (Phi) is 4.84. The maximum absolute atomic E-state index is 5.12. The molecule has 0 heterocycles. The number of allylic oxidation sites excluding steroid dienone is 3. The molecule has 1 aromatic carbocycles. The van der Waals surface area contributed by atoms with Gasteiger partial charge in [0.2, 0.25) is 0 Å². The zero-order valence-corrected chi connectivity index (χ0v) is 10.4. The minimum absolute atomic E-state index is 0.909.